The summed E-state index contributed by atoms with van der Waals surface area (Å²) in [5, 5.41) is 9.27. The van der Waals surface area contributed by atoms with Gasteiger partial charge in [0.05, 0.1) is 12.1 Å². The molecule has 0 unspecified atom stereocenters. The van der Waals surface area contributed by atoms with Gasteiger partial charge in [-0.15, -0.1) is 0 Å². The van der Waals surface area contributed by atoms with E-state index in [-0.39, 0.29) is 18.0 Å². The molecule has 0 aromatic heterocycles. The number of hydrogen-bond donors (Lipinski definition) is 2. The first kappa shape index (κ1) is 18.2. The third kappa shape index (κ3) is 4.95. The zero-order valence-corrected chi connectivity index (χ0v) is 14.6. The van der Waals surface area contributed by atoms with Crippen molar-refractivity contribution in [2.24, 2.45) is 0 Å². The highest BCUT2D eigenvalue weighted by molar-refractivity contribution is 6.12. The van der Waals surface area contributed by atoms with Crippen LogP contribution < -0.4 is 5.48 Å². The van der Waals surface area contributed by atoms with Gasteiger partial charge in [-0.1, -0.05) is 54.6 Å². The smallest absolute Gasteiger partial charge is 0.332 e. The Morgan fingerprint density at radius 3 is 2.26 bits per heavy atom. The molecule has 0 aliphatic rings. The zero-order chi connectivity index (χ0) is 19.1. The highest BCUT2D eigenvalue weighted by atomic mass is 16.7. The fraction of sp³-hybridized carbons (Fsp3) is 0.0909. The van der Waals surface area contributed by atoms with E-state index in [1.165, 1.54) is 0 Å². The number of carbonyl (C=O) groups excluding carboxylic acids is 2. The summed E-state index contributed by atoms with van der Waals surface area (Å²) >= 11 is 0. The Morgan fingerprint density at radius 1 is 0.852 bits per heavy atom. The predicted molar refractivity (Wildman–Crippen MR) is 102 cm³/mol. The quantitative estimate of drug-likeness (QED) is 0.489. The van der Waals surface area contributed by atoms with E-state index < -0.39 is 5.97 Å². The van der Waals surface area contributed by atoms with Crippen LogP contribution in [0.2, 0.25) is 0 Å². The van der Waals surface area contributed by atoms with Crippen molar-refractivity contribution in [3.05, 3.63) is 95.6 Å². The van der Waals surface area contributed by atoms with E-state index in [2.05, 4.69) is 5.48 Å². The zero-order valence-electron chi connectivity index (χ0n) is 14.6. The Bertz CT molecular complexity index is 921. The van der Waals surface area contributed by atoms with Crippen LogP contribution >= 0.6 is 0 Å². The van der Waals surface area contributed by atoms with Crippen molar-refractivity contribution in [2.75, 3.05) is 5.48 Å². The Balaban J connectivity index is 1.60. The van der Waals surface area contributed by atoms with Gasteiger partial charge in [0.2, 0.25) is 0 Å². The van der Waals surface area contributed by atoms with E-state index in [1.54, 1.807) is 72.8 Å². The minimum atomic E-state index is -0.440. The second kappa shape index (κ2) is 8.67. The molecule has 0 aliphatic heterocycles. The molecule has 3 aromatic carbocycles. The van der Waals surface area contributed by atoms with Gasteiger partial charge in [0, 0.05) is 11.1 Å². The molecule has 5 nitrogen and oxygen atoms in total. The summed E-state index contributed by atoms with van der Waals surface area (Å²) in [7, 11) is 0. The predicted octanol–water partition coefficient (Wildman–Crippen LogP) is 4.13. The molecule has 0 heterocycles. The van der Waals surface area contributed by atoms with Gasteiger partial charge in [-0.25, -0.2) is 10.3 Å². The number of ketones is 1. The van der Waals surface area contributed by atoms with Crippen molar-refractivity contribution < 1.29 is 19.5 Å². The molecule has 0 fully saturated rings. The lowest BCUT2D eigenvalue weighted by molar-refractivity contribution is -0.140. The summed E-state index contributed by atoms with van der Waals surface area (Å²) in [6.07, 6.45) is 0.665. The lowest BCUT2D eigenvalue weighted by Crippen LogP contribution is -2.14. The SMILES string of the molecule is O=C(CCc1ccc(O)cc1)ONc1ccccc1C(=O)c1ccccc1. The molecule has 2 N–H and O–H groups in total. The first-order valence-corrected chi connectivity index (χ1v) is 8.56. The fourth-order valence-corrected chi connectivity index (χ4v) is 2.59. The summed E-state index contributed by atoms with van der Waals surface area (Å²) in [5.41, 5.74) is 4.94. The number of aryl methyl sites for hydroxylation is 1. The highest BCUT2D eigenvalue weighted by Gasteiger charge is 2.14. The number of hydrogen-bond acceptors (Lipinski definition) is 5. The molecule has 0 saturated carbocycles. The monoisotopic (exact) mass is 361 g/mol. The van der Waals surface area contributed by atoms with Crippen molar-refractivity contribution >= 4 is 17.4 Å². The molecule has 136 valence electrons. The summed E-state index contributed by atoms with van der Waals surface area (Å²) in [6.45, 7) is 0. The normalized spacial score (nSPS) is 10.2. The number of aromatic hydroxyl groups is 1. The summed E-state index contributed by atoms with van der Waals surface area (Å²) < 4.78 is 0. The lowest BCUT2D eigenvalue weighted by atomic mass is 10.0. The highest BCUT2D eigenvalue weighted by Crippen LogP contribution is 2.19. The Labute approximate surface area is 157 Å². The molecule has 0 aliphatic carbocycles. The van der Waals surface area contributed by atoms with Crippen LogP contribution in [-0.4, -0.2) is 16.9 Å². The van der Waals surface area contributed by atoms with E-state index in [0.717, 1.165) is 5.56 Å². The summed E-state index contributed by atoms with van der Waals surface area (Å²) in [4.78, 5) is 29.7. The van der Waals surface area contributed by atoms with Gasteiger partial charge in [-0.3, -0.25) is 4.79 Å². The second-order valence-corrected chi connectivity index (χ2v) is 5.98. The molecule has 0 atom stereocenters. The van der Waals surface area contributed by atoms with Crippen molar-refractivity contribution in [1.82, 2.24) is 0 Å². The number of para-hydroxylation sites is 1. The maximum atomic E-state index is 12.6. The minimum absolute atomic E-state index is 0.154. The van der Waals surface area contributed by atoms with Gasteiger partial charge >= 0.3 is 5.97 Å². The standard InChI is InChI=1S/C22H19NO4/c24-18-13-10-16(11-14-18)12-15-21(25)27-23-20-9-5-4-8-19(20)22(26)17-6-2-1-3-7-17/h1-11,13-14,23-24H,12,15H2. The van der Waals surface area contributed by atoms with Crippen LogP contribution in [0, 0.1) is 0 Å². The third-order valence-corrected chi connectivity index (χ3v) is 4.04. The molecule has 3 rings (SSSR count). The minimum Gasteiger partial charge on any atom is -0.508 e. The average Bonchev–Trinajstić information content (AvgIpc) is 2.72. The summed E-state index contributed by atoms with van der Waals surface area (Å²) in [5.74, 6) is -0.411. The van der Waals surface area contributed by atoms with Gasteiger partial charge in [-0.2, -0.15) is 0 Å². The van der Waals surface area contributed by atoms with Gasteiger partial charge in [-0.05, 0) is 36.2 Å². The molecule has 0 bridgehead atoms. The number of carbonyl (C=O) groups is 2. The van der Waals surface area contributed by atoms with Crippen molar-refractivity contribution in [1.29, 1.82) is 0 Å². The number of phenols is 1. The molecule has 5 heteroatoms. The number of rotatable bonds is 7. The number of benzene rings is 3. The Hall–Kier alpha value is -3.60. The van der Waals surface area contributed by atoms with Gasteiger partial charge in [0.1, 0.15) is 5.75 Å². The molecular formula is C22H19NO4. The maximum Gasteiger partial charge on any atom is 0.332 e. The first-order chi connectivity index (χ1) is 13.1. The first-order valence-electron chi connectivity index (χ1n) is 8.56. The molecule has 0 amide bonds. The number of nitrogens with one attached hydrogen (secondary N) is 1. The lowest BCUT2D eigenvalue weighted by Gasteiger charge is -2.11. The second-order valence-electron chi connectivity index (χ2n) is 5.98. The number of anilines is 1. The van der Waals surface area contributed by atoms with Crippen LogP contribution in [0.1, 0.15) is 27.9 Å². The van der Waals surface area contributed by atoms with Crippen LogP contribution in [0.3, 0.4) is 0 Å². The van der Waals surface area contributed by atoms with Gasteiger partial charge < -0.3 is 9.94 Å². The summed E-state index contributed by atoms with van der Waals surface area (Å²) in [6, 6.07) is 22.5. The molecule has 0 radical (unpaired) electrons. The fourth-order valence-electron chi connectivity index (χ4n) is 2.59. The van der Waals surface area contributed by atoms with E-state index in [1.807, 2.05) is 6.07 Å². The topological polar surface area (TPSA) is 75.6 Å². The molecular weight excluding hydrogens is 342 g/mol. The van der Waals surface area contributed by atoms with Crippen LogP contribution in [0.25, 0.3) is 0 Å². The maximum absolute atomic E-state index is 12.6. The average molecular weight is 361 g/mol. The van der Waals surface area contributed by atoms with E-state index in [0.29, 0.717) is 23.2 Å². The van der Waals surface area contributed by atoms with Crippen molar-refractivity contribution in [3.8, 4) is 5.75 Å². The van der Waals surface area contributed by atoms with E-state index >= 15 is 0 Å². The molecule has 0 spiro atoms. The molecule has 3 aromatic rings. The Morgan fingerprint density at radius 2 is 1.52 bits per heavy atom. The Kier molecular flexibility index (Phi) is 5.84. The molecule has 0 saturated heterocycles. The number of phenolic OH excluding ortho intramolecular Hbond substituents is 1. The van der Waals surface area contributed by atoms with Gasteiger partial charge in [0.15, 0.2) is 5.78 Å². The van der Waals surface area contributed by atoms with Crippen LogP contribution in [0.4, 0.5) is 5.69 Å². The van der Waals surface area contributed by atoms with Gasteiger partial charge in [0.25, 0.3) is 0 Å². The third-order valence-electron chi connectivity index (χ3n) is 4.04. The van der Waals surface area contributed by atoms with Crippen molar-refractivity contribution in [2.45, 2.75) is 12.8 Å². The molecule has 27 heavy (non-hydrogen) atoms. The van der Waals surface area contributed by atoms with E-state index in [4.69, 9.17) is 4.84 Å². The van der Waals surface area contributed by atoms with E-state index in [9.17, 15) is 14.7 Å². The van der Waals surface area contributed by atoms with Crippen LogP contribution in [-0.2, 0) is 16.1 Å². The van der Waals surface area contributed by atoms with Crippen LogP contribution in [0.5, 0.6) is 5.75 Å². The van der Waals surface area contributed by atoms with Crippen molar-refractivity contribution in [3.63, 3.8) is 0 Å². The largest absolute Gasteiger partial charge is 0.508 e. The van der Waals surface area contributed by atoms with Crippen LogP contribution in [0.15, 0.2) is 78.9 Å².